The summed E-state index contributed by atoms with van der Waals surface area (Å²) in [6.07, 6.45) is -10.3. The third-order valence-corrected chi connectivity index (χ3v) is 3.14. The Morgan fingerprint density at radius 2 is 1.30 bits per heavy atom. The van der Waals surface area contributed by atoms with Crippen LogP contribution in [0.25, 0.3) is 0 Å². The molecule has 0 aliphatic carbocycles. The number of alkyl halides is 6. The van der Waals surface area contributed by atoms with Gasteiger partial charge < -0.3 is 4.74 Å². The number of hydrogen-bond donors (Lipinski definition) is 0. The topological polar surface area (TPSA) is 95.5 Å². The fourth-order valence-electron chi connectivity index (χ4n) is 1.96. The largest absolute Gasteiger partial charge is 0.450 e. The minimum absolute atomic E-state index is 0.142. The molecule has 0 fully saturated rings. The van der Waals surface area contributed by atoms with E-state index < -0.39 is 56.2 Å². The van der Waals surface area contributed by atoms with Gasteiger partial charge in [0.1, 0.15) is 5.75 Å². The van der Waals surface area contributed by atoms with E-state index in [-0.39, 0.29) is 18.2 Å². The molecule has 7 nitrogen and oxygen atoms in total. The van der Waals surface area contributed by atoms with Gasteiger partial charge >= 0.3 is 18.0 Å². The van der Waals surface area contributed by atoms with Gasteiger partial charge in [0.2, 0.25) is 5.75 Å². The fourth-order valence-corrected chi connectivity index (χ4v) is 1.96. The maximum Gasteiger partial charge on any atom is 0.416 e. The van der Waals surface area contributed by atoms with Gasteiger partial charge in [-0.1, -0.05) is 0 Å². The van der Waals surface area contributed by atoms with Crippen LogP contribution in [0.3, 0.4) is 0 Å². The van der Waals surface area contributed by atoms with Crippen molar-refractivity contribution in [2.45, 2.75) is 12.4 Å². The summed E-state index contributed by atoms with van der Waals surface area (Å²) in [5.41, 5.74) is -5.09. The van der Waals surface area contributed by atoms with E-state index in [0.717, 1.165) is 6.07 Å². The molecule has 0 aromatic heterocycles. The fraction of sp³-hybridized carbons (Fsp3) is 0.143. The number of rotatable bonds is 4. The lowest BCUT2D eigenvalue weighted by Gasteiger charge is -2.14. The first kappa shape index (κ1) is 19.9. The molecule has 2 aromatic carbocycles. The van der Waals surface area contributed by atoms with Crippen molar-refractivity contribution in [3.63, 3.8) is 0 Å². The minimum Gasteiger partial charge on any atom is -0.450 e. The lowest BCUT2D eigenvalue weighted by Crippen LogP contribution is -2.11. The molecule has 0 amide bonds. The summed E-state index contributed by atoms with van der Waals surface area (Å²) in [4.78, 5) is 19.5. The summed E-state index contributed by atoms with van der Waals surface area (Å²) in [6, 6.07) is 2.22. The Hall–Kier alpha value is -3.38. The van der Waals surface area contributed by atoms with Crippen LogP contribution >= 0.6 is 0 Å². The quantitative estimate of drug-likeness (QED) is 0.395. The van der Waals surface area contributed by atoms with Gasteiger partial charge in [0, 0.05) is 6.07 Å². The van der Waals surface area contributed by atoms with Crippen molar-refractivity contribution in [2.75, 3.05) is 0 Å². The highest BCUT2D eigenvalue weighted by Crippen LogP contribution is 2.41. The van der Waals surface area contributed by atoms with E-state index in [1.807, 2.05) is 0 Å². The van der Waals surface area contributed by atoms with Gasteiger partial charge in [-0.2, -0.15) is 26.3 Å². The van der Waals surface area contributed by atoms with Crippen LogP contribution in [0.15, 0.2) is 36.4 Å². The van der Waals surface area contributed by atoms with Crippen molar-refractivity contribution < 1.29 is 40.9 Å². The van der Waals surface area contributed by atoms with Crippen LogP contribution in [0.2, 0.25) is 0 Å². The van der Waals surface area contributed by atoms with Crippen LogP contribution < -0.4 is 4.74 Å². The van der Waals surface area contributed by atoms with E-state index in [4.69, 9.17) is 4.74 Å². The van der Waals surface area contributed by atoms with Gasteiger partial charge in [-0.25, -0.2) is 0 Å². The normalized spacial score (nSPS) is 11.9. The van der Waals surface area contributed by atoms with Crippen molar-refractivity contribution in [3.05, 3.63) is 67.8 Å². The van der Waals surface area contributed by atoms with Gasteiger partial charge in [-0.3, -0.25) is 20.2 Å². The second-order valence-electron chi connectivity index (χ2n) is 5.01. The summed E-state index contributed by atoms with van der Waals surface area (Å²) in [5, 5.41) is 21.6. The van der Waals surface area contributed by atoms with E-state index in [1.54, 1.807) is 0 Å². The summed E-state index contributed by atoms with van der Waals surface area (Å²) in [6.45, 7) is 0. The van der Waals surface area contributed by atoms with Gasteiger partial charge in [0.15, 0.2) is 0 Å². The molecule has 0 spiro atoms. The van der Waals surface area contributed by atoms with Crippen LogP contribution in [-0.4, -0.2) is 9.85 Å². The number of benzene rings is 2. The predicted octanol–water partition coefficient (Wildman–Crippen LogP) is 5.33. The molecule has 0 aliphatic rings. The number of nitro groups is 2. The highest BCUT2D eigenvalue weighted by atomic mass is 19.4. The number of ether oxygens (including phenoxy) is 1. The smallest absolute Gasteiger partial charge is 0.416 e. The van der Waals surface area contributed by atoms with Crippen molar-refractivity contribution in [1.29, 1.82) is 0 Å². The Kier molecular flexibility index (Phi) is 4.97. The molecule has 0 unspecified atom stereocenters. The molecule has 13 heteroatoms. The summed E-state index contributed by atoms with van der Waals surface area (Å²) >= 11 is 0. The van der Waals surface area contributed by atoms with Gasteiger partial charge in [-0.05, 0) is 24.3 Å². The Morgan fingerprint density at radius 1 is 0.778 bits per heavy atom. The predicted molar refractivity (Wildman–Crippen MR) is 76.3 cm³/mol. The number of non-ortho nitro benzene ring substituents is 1. The average molecular weight is 396 g/mol. The molecule has 0 saturated carbocycles. The molecular weight excluding hydrogens is 390 g/mol. The SMILES string of the molecule is O=[N+]([O-])c1ccc(Oc2cc(C(F)(F)F)cc(C(F)(F)F)c2)c([N+](=O)[O-])c1. The molecule has 0 radical (unpaired) electrons. The van der Waals surface area contributed by atoms with E-state index >= 15 is 0 Å². The average Bonchev–Trinajstić information content (AvgIpc) is 2.52. The monoisotopic (exact) mass is 396 g/mol. The molecule has 0 saturated heterocycles. The molecule has 0 bridgehead atoms. The molecule has 2 rings (SSSR count). The summed E-state index contributed by atoms with van der Waals surface area (Å²) < 4.78 is 81.7. The van der Waals surface area contributed by atoms with Crippen molar-refractivity contribution in [1.82, 2.24) is 0 Å². The molecular formula is C14H6F6N2O5. The Bertz CT molecular complexity index is 878. The van der Waals surface area contributed by atoms with E-state index in [0.29, 0.717) is 12.1 Å². The standard InChI is InChI=1S/C14H6F6N2O5/c15-13(16,17)7-3-8(14(18,19)20)5-10(4-7)27-12-2-1-9(21(23)24)6-11(12)22(25)26/h1-6H. The second-order valence-corrected chi connectivity index (χ2v) is 5.01. The van der Waals surface area contributed by atoms with Crippen LogP contribution in [0.1, 0.15) is 11.1 Å². The number of nitro benzene ring substituents is 2. The lowest BCUT2D eigenvalue weighted by atomic mass is 10.1. The van der Waals surface area contributed by atoms with Crippen molar-refractivity contribution >= 4 is 11.4 Å². The first-order chi connectivity index (χ1) is 12.3. The zero-order chi connectivity index (χ0) is 20.6. The highest BCUT2D eigenvalue weighted by molar-refractivity contribution is 5.55. The molecule has 27 heavy (non-hydrogen) atoms. The van der Waals surface area contributed by atoms with Gasteiger partial charge in [0.05, 0.1) is 27.0 Å². The number of halogens is 6. The third kappa shape index (κ3) is 4.62. The zero-order valence-electron chi connectivity index (χ0n) is 12.7. The number of nitrogens with zero attached hydrogens (tertiary/aromatic N) is 2. The minimum atomic E-state index is -5.14. The first-order valence-corrected chi connectivity index (χ1v) is 6.69. The van der Waals surface area contributed by atoms with Crippen LogP contribution in [0.5, 0.6) is 11.5 Å². The maximum absolute atomic E-state index is 12.8. The maximum atomic E-state index is 12.8. The molecule has 0 aliphatic heterocycles. The van der Waals surface area contributed by atoms with E-state index in [9.17, 15) is 46.6 Å². The molecule has 144 valence electrons. The second kappa shape index (κ2) is 6.74. The van der Waals surface area contributed by atoms with Gasteiger partial charge in [-0.15, -0.1) is 0 Å². The summed E-state index contributed by atoms with van der Waals surface area (Å²) in [7, 11) is 0. The van der Waals surface area contributed by atoms with E-state index in [2.05, 4.69) is 0 Å². The van der Waals surface area contributed by atoms with Crippen LogP contribution in [0, 0.1) is 20.2 Å². The summed E-state index contributed by atoms with van der Waals surface area (Å²) in [5.74, 6) is -1.74. The zero-order valence-corrected chi connectivity index (χ0v) is 12.7. The van der Waals surface area contributed by atoms with Crippen LogP contribution in [0.4, 0.5) is 37.7 Å². The first-order valence-electron chi connectivity index (χ1n) is 6.69. The Labute approximate surface area is 145 Å². The molecule has 0 heterocycles. The molecule has 0 atom stereocenters. The van der Waals surface area contributed by atoms with Crippen molar-refractivity contribution in [2.24, 2.45) is 0 Å². The van der Waals surface area contributed by atoms with Crippen molar-refractivity contribution in [3.8, 4) is 11.5 Å². The molecule has 0 N–H and O–H groups in total. The third-order valence-electron chi connectivity index (χ3n) is 3.14. The van der Waals surface area contributed by atoms with Crippen LogP contribution in [-0.2, 0) is 12.4 Å². The Morgan fingerprint density at radius 3 is 1.70 bits per heavy atom. The van der Waals surface area contributed by atoms with Gasteiger partial charge in [0.25, 0.3) is 5.69 Å². The molecule has 2 aromatic rings. The highest BCUT2D eigenvalue weighted by Gasteiger charge is 2.37. The number of hydrogen-bond acceptors (Lipinski definition) is 5. The lowest BCUT2D eigenvalue weighted by molar-refractivity contribution is -0.394. The van der Waals surface area contributed by atoms with E-state index in [1.165, 1.54) is 0 Å². The Balaban J connectivity index is 2.57.